The predicted molar refractivity (Wildman–Crippen MR) is 119 cm³/mol. The highest BCUT2D eigenvalue weighted by atomic mass is 16.5. The molecule has 0 aliphatic heterocycles. The number of hydrogen-bond donors (Lipinski definition) is 2. The van der Waals surface area contributed by atoms with Crippen molar-refractivity contribution in [1.82, 2.24) is 0 Å². The average Bonchev–Trinajstić information content (AvgIpc) is 2.77. The van der Waals surface area contributed by atoms with Crippen molar-refractivity contribution < 1.29 is 29.2 Å². The largest absolute Gasteiger partial charge is 0.497 e. The monoisotopic (exact) mass is 428 g/mol. The van der Waals surface area contributed by atoms with E-state index in [1.807, 2.05) is 54.6 Å². The van der Waals surface area contributed by atoms with E-state index >= 15 is 0 Å². The molecule has 0 aliphatic rings. The van der Waals surface area contributed by atoms with Gasteiger partial charge >= 0.3 is 5.97 Å². The highest BCUT2D eigenvalue weighted by Gasteiger charge is 2.13. The van der Waals surface area contributed by atoms with Crippen LogP contribution in [0.5, 0.6) is 5.75 Å². The molecule has 0 saturated carbocycles. The number of rotatable bonds is 13. The number of carbonyl (C=O) groups is 1. The number of aliphatic hydroxyl groups excluding tert-OH is 2. The summed E-state index contributed by atoms with van der Waals surface area (Å²) in [5.74, 6) is 0.425. The van der Waals surface area contributed by atoms with Crippen LogP contribution in [0.4, 0.5) is 0 Å². The van der Waals surface area contributed by atoms with Crippen molar-refractivity contribution in [3.05, 3.63) is 77.9 Å². The number of ether oxygens (including phenoxy) is 3. The lowest BCUT2D eigenvalue weighted by molar-refractivity contribution is -0.144. The first-order valence-electron chi connectivity index (χ1n) is 10.4. The highest BCUT2D eigenvalue weighted by Crippen LogP contribution is 2.20. The van der Waals surface area contributed by atoms with Crippen LogP contribution < -0.4 is 4.74 Å². The van der Waals surface area contributed by atoms with E-state index in [2.05, 4.69) is 0 Å². The molecule has 0 saturated heterocycles. The summed E-state index contributed by atoms with van der Waals surface area (Å²) in [4.78, 5) is 11.4. The normalized spacial score (nSPS) is 14.2. The van der Waals surface area contributed by atoms with Crippen molar-refractivity contribution in [2.24, 2.45) is 0 Å². The molecule has 31 heavy (non-hydrogen) atoms. The van der Waals surface area contributed by atoms with Crippen molar-refractivity contribution in [2.75, 3.05) is 13.7 Å². The zero-order valence-corrected chi connectivity index (χ0v) is 18.1. The van der Waals surface area contributed by atoms with Gasteiger partial charge in [0, 0.05) is 13.5 Å². The third-order valence-electron chi connectivity index (χ3n) is 4.71. The zero-order valence-electron chi connectivity index (χ0n) is 18.1. The van der Waals surface area contributed by atoms with Crippen molar-refractivity contribution in [3.63, 3.8) is 0 Å². The molecule has 0 amide bonds. The Hall–Kier alpha value is -2.67. The van der Waals surface area contributed by atoms with Crippen molar-refractivity contribution in [2.45, 2.75) is 51.1 Å². The Morgan fingerprint density at radius 3 is 2.39 bits per heavy atom. The molecule has 2 aromatic carbocycles. The average molecular weight is 429 g/mol. The van der Waals surface area contributed by atoms with E-state index in [4.69, 9.17) is 14.2 Å². The number of hydrogen-bond acceptors (Lipinski definition) is 6. The summed E-state index contributed by atoms with van der Waals surface area (Å²) in [5, 5.41) is 20.3. The maximum atomic E-state index is 11.4. The van der Waals surface area contributed by atoms with Crippen LogP contribution in [0, 0.1) is 0 Å². The maximum Gasteiger partial charge on any atom is 0.303 e. The molecule has 0 aromatic heterocycles. The molecule has 2 aromatic rings. The lowest BCUT2D eigenvalue weighted by atomic mass is 10.0. The number of methoxy groups -OCH3 is 1. The molecule has 0 radical (unpaired) electrons. The van der Waals surface area contributed by atoms with Gasteiger partial charge in [-0.1, -0.05) is 48.5 Å². The lowest BCUT2D eigenvalue weighted by Crippen LogP contribution is -2.19. The Bertz CT molecular complexity index is 787. The second kappa shape index (κ2) is 13.6. The Labute approximate surface area is 184 Å². The van der Waals surface area contributed by atoms with Crippen LogP contribution in [-0.2, 0) is 20.9 Å². The van der Waals surface area contributed by atoms with Crippen LogP contribution in [0.15, 0.2) is 66.7 Å². The van der Waals surface area contributed by atoms with Gasteiger partial charge in [-0.15, -0.1) is 0 Å². The quantitative estimate of drug-likeness (QED) is 0.285. The minimum Gasteiger partial charge on any atom is -0.497 e. The van der Waals surface area contributed by atoms with Gasteiger partial charge in [-0.3, -0.25) is 4.79 Å². The van der Waals surface area contributed by atoms with Gasteiger partial charge in [-0.05, 0) is 48.6 Å². The Kier molecular flexibility index (Phi) is 10.8. The van der Waals surface area contributed by atoms with E-state index in [0.717, 1.165) is 16.9 Å². The van der Waals surface area contributed by atoms with Crippen LogP contribution in [0.2, 0.25) is 0 Å². The fourth-order valence-electron chi connectivity index (χ4n) is 3.06. The van der Waals surface area contributed by atoms with E-state index in [1.54, 1.807) is 19.3 Å². The molecule has 0 fully saturated rings. The Morgan fingerprint density at radius 1 is 1.03 bits per heavy atom. The van der Waals surface area contributed by atoms with Gasteiger partial charge < -0.3 is 24.4 Å². The molecule has 6 nitrogen and oxygen atoms in total. The van der Waals surface area contributed by atoms with E-state index in [-0.39, 0.29) is 12.4 Å². The lowest BCUT2D eigenvalue weighted by Gasteiger charge is -2.16. The molecule has 0 unspecified atom stereocenters. The standard InChI is InChI=1S/C25H32O6/c1-19(26)31-25(21-7-4-3-5-8-21)10-6-9-22(27)17-23(28)15-16-30-18-20-11-13-24(29-2)14-12-20/h3-8,10-14,22-23,25,27-28H,9,15-18H2,1-2H3/b10-6+/t22-,23-,25+/m1/s1. The summed E-state index contributed by atoms with van der Waals surface area (Å²) < 4.78 is 16.1. The van der Waals surface area contributed by atoms with Gasteiger partial charge in [-0.25, -0.2) is 0 Å². The highest BCUT2D eigenvalue weighted by molar-refractivity contribution is 5.66. The van der Waals surface area contributed by atoms with E-state index in [9.17, 15) is 15.0 Å². The summed E-state index contributed by atoms with van der Waals surface area (Å²) in [7, 11) is 1.62. The molecule has 2 N–H and O–H groups in total. The van der Waals surface area contributed by atoms with Crippen LogP contribution in [0.1, 0.15) is 43.4 Å². The maximum absolute atomic E-state index is 11.4. The summed E-state index contributed by atoms with van der Waals surface area (Å²) in [5.41, 5.74) is 1.89. The van der Waals surface area contributed by atoms with Gasteiger partial charge in [0.05, 0.1) is 25.9 Å². The molecule has 0 heterocycles. The second-order valence-corrected chi connectivity index (χ2v) is 7.34. The molecule has 2 rings (SSSR count). The summed E-state index contributed by atoms with van der Waals surface area (Å²) in [6.07, 6.45) is 2.73. The van der Waals surface area contributed by atoms with Crippen molar-refractivity contribution in [1.29, 1.82) is 0 Å². The van der Waals surface area contributed by atoms with Crippen LogP contribution in [-0.4, -0.2) is 42.1 Å². The van der Waals surface area contributed by atoms with Crippen LogP contribution in [0.25, 0.3) is 0 Å². The summed E-state index contributed by atoms with van der Waals surface area (Å²) in [6, 6.07) is 17.0. The van der Waals surface area contributed by atoms with Crippen molar-refractivity contribution >= 4 is 5.97 Å². The van der Waals surface area contributed by atoms with E-state index in [1.165, 1.54) is 6.92 Å². The minimum absolute atomic E-state index is 0.250. The Morgan fingerprint density at radius 2 is 1.74 bits per heavy atom. The van der Waals surface area contributed by atoms with Crippen LogP contribution >= 0.6 is 0 Å². The Balaban J connectivity index is 1.69. The molecular formula is C25H32O6. The van der Waals surface area contributed by atoms with Gasteiger partial charge in [0.25, 0.3) is 0 Å². The first kappa shape index (κ1) is 24.6. The molecule has 0 bridgehead atoms. The summed E-state index contributed by atoms with van der Waals surface area (Å²) >= 11 is 0. The SMILES string of the molecule is COc1ccc(COCC[C@@H](O)C[C@H](O)C/C=C/[C@H](OC(C)=O)c2ccccc2)cc1. The first-order valence-corrected chi connectivity index (χ1v) is 10.4. The summed E-state index contributed by atoms with van der Waals surface area (Å²) in [6.45, 7) is 2.23. The van der Waals surface area contributed by atoms with Gasteiger partial charge in [-0.2, -0.15) is 0 Å². The fourth-order valence-corrected chi connectivity index (χ4v) is 3.06. The molecule has 0 aliphatic carbocycles. The van der Waals surface area contributed by atoms with E-state index in [0.29, 0.717) is 26.1 Å². The molecule has 168 valence electrons. The molecule has 6 heteroatoms. The predicted octanol–water partition coefficient (Wildman–Crippen LogP) is 3.96. The molecule has 3 atom stereocenters. The van der Waals surface area contributed by atoms with Gasteiger partial charge in [0.1, 0.15) is 11.9 Å². The second-order valence-electron chi connectivity index (χ2n) is 7.34. The number of esters is 1. The van der Waals surface area contributed by atoms with Crippen molar-refractivity contribution in [3.8, 4) is 5.75 Å². The smallest absolute Gasteiger partial charge is 0.303 e. The topological polar surface area (TPSA) is 85.2 Å². The zero-order chi connectivity index (χ0) is 22.5. The fraction of sp³-hybridized carbons (Fsp3) is 0.400. The third kappa shape index (κ3) is 9.79. The first-order chi connectivity index (χ1) is 15.0. The number of carbonyl (C=O) groups excluding carboxylic acids is 1. The minimum atomic E-state index is -0.693. The third-order valence-corrected chi connectivity index (χ3v) is 4.71. The van der Waals surface area contributed by atoms with Gasteiger partial charge in [0.15, 0.2) is 0 Å². The van der Waals surface area contributed by atoms with E-state index < -0.39 is 18.3 Å². The van der Waals surface area contributed by atoms with Gasteiger partial charge in [0.2, 0.25) is 0 Å². The number of benzene rings is 2. The number of aliphatic hydroxyl groups is 2. The molecular weight excluding hydrogens is 396 g/mol. The van der Waals surface area contributed by atoms with Crippen LogP contribution in [0.3, 0.4) is 0 Å². The molecule has 0 spiro atoms.